The van der Waals surface area contributed by atoms with Crippen LogP contribution < -0.4 is 5.73 Å². The van der Waals surface area contributed by atoms with Crippen molar-refractivity contribution >= 4 is 11.3 Å². The molecule has 1 aliphatic rings. The third kappa shape index (κ3) is 2.42. The van der Waals surface area contributed by atoms with Gasteiger partial charge in [0, 0.05) is 10.9 Å². The second-order valence-corrected chi connectivity index (χ2v) is 4.68. The number of rotatable bonds is 2. The fourth-order valence-electron chi connectivity index (χ4n) is 1.77. The fourth-order valence-corrected chi connectivity index (χ4v) is 2.44. The molecule has 0 aliphatic heterocycles. The summed E-state index contributed by atoms with van der Waals surface area (Å²) in [4.78, 5) is 1.45. The lowest BCUT2D eigenvalue weighted by Gasteiger charge is -1.96. The molecule has 0 bridgehead atoms. The molecular formula is C11H15NS. The number of nitrogens with two attached hydrogens (primary N) is 1. The van der Waals surface area contributed by atoms with Crippen LogP contribution in [0.25, 0.3) is 0 Å². The van der Waals surface area contributed by atoms with E-state index in [1.807, 2.05) is 11.3 Å². The smallest absolute Gasteiger partial charge is 0.00829 e. The molecule has 0 saturated heterocycles. The molecule has 0 amide bonds. The average Bonchev–Trinajstić information content (AvgIpc) is 2.71. The van der Waals surface area contributed by atoms with Crippen molar-refractivity contribution in [3.63, 3.8) is 0 Å². The van der Waals surface area contributed by atoms with E-state index in [4.69, 9.17) is 5.73 Å². The Morgan fingerprint density at radius 3 is 3.15 bits per heavy atom. The van der Waals surface area contributed by atoms with Gasteiger partial charge in [0.25, 0.3) is 0 Å². The summed E-state index contributed by atoms with van der Waals surface area (Å²) in [6, 6.07) is 4.73. The average molecular weight is 193 g/mol. The van der Waals surface area contributed by atoms with Crippen LogP contribution in [-0.2, 0) is 6.42 Å². The van der Waals surface area contributed by atoms with Crippen molar-refractivity contribution in [1.29, 1.82) is 0 Å². The largest absolute Gasteiger partial charge is 0.327 e. The van der Waals surface area contributed by atoms with Crippen LogP contribution in [0, 0.1) is 0 Å². The van der Waals surface area contributed by atoms with Gasteiger partial charge in [-0.15, -0.1) is 11.3 Å². The molecule has 0 radical (unpaired) electrons. The second kappa shape index (κ2) is 4.07. The first-order valence-corrected chi connectivity index (χ1v) is 5.68. The Morgan fingerprint density at radius 2 is 2.54 bits per heavy atom. The summed E-state index contributed by atoms with van der Waals surface area (Å²) in [6.07, 6.45) is 6.96. The molecule has 0 spiro atoms. The van der Waals surface area contributed by atoms with Gasteiger partial charge in [-0.05, 0) is 37.1 Å². The van der Waals surface area contributed by atoms with Crippen molar-refractivity contribution in [2.75, 3.05) is 0 Å². The van der Waals surface area contributed by atoms with Crippen LogP contribution in [0.4, 0.5) is 0 Å². The number of hydrogen-bond acceptors (Lipinski definition) is 2. The molecular weight excluding hydrogens is 178 g/mol. The molecule has 1 heterocycles. The van der Waals surface area contributed by atoms with Crippen LogP contribution in [0.1, 0.15) is 24.1 Å². The minimum atomic E-state index is 0.426. The van der Waals surface area contributed by atoms with Gasteiger partial charge in [-0.2, -0.15) is 0 Å². The van der Waals surface area contributed by atoms with Crippen LogP contribution in [-0.4, -0.2) is 6.04 Å². The van der Waals surface area contributed by atoms with Crippen LogP contribution >= 0.6 is 11.3 Å². The molecule has 1 atom stereocenters. The maximum Gasteiger partial charge on any atom is 0.00829 e. The van der Waals surface area contributed by atoms with Crippen LogP contribution in [0.2, 0.25) is 0 Å². The first-order chi connectivity index (χ1) is 6.34. The van der Waals surface area contributed by atoms with Gasteiger partial charge in [0.05, 0.1) is 0 Å². The molecule has 13 heavy (non-hydrogen) atoms. The molecule has 1 unspecified atom stereocenters. The summed E-state index contributed by atoms with van der Waals surface area (Å²) in [5.41, 5.74) is 7.39. The second-order valence-electron chi connectivity index (χ2n) is 3.65. The molecule has 2 heteroatoms. The molecule has 1 aromatic rings. The molecule has 2 rings (SSSR count). The zero-order valence-electron chi connectivity index (χ0n) is 7.70. The number of thiophene rings is 1. The lowest BCUT2D eigenvalue weighted by molar-refractivity contribution is 0.711. The zero-order chi connectivity index (χ0) is 9.10. The van der Waals surface area contributed by atoms with Crippen molar-refractivity contribution in [2.24, 2.45) is 5.73 Å². The van der Waals surface area contributed by atoms with Gasteiger partial charge in [0.1, 0.15) is 0 Å². The Kier molecular flexibility index (Phi) is 2.81. The quantitative estimate of drug-likeness (QED) is 0.718. The van der Waals surface area contributed by atoms with E-state index in [9.17, 15) is 0 Å². The van der Waals surface area contributed by atoms with Gasteiger partial charge < -0.3 is 5.73 Å². The first kappa shape index (κ1) is 8.97. The van der Waals surface area contributed by atoms with Gasteiger partial charge in [-0.3, -0.25) is 0 Å². The number of allylic oxidation sites excluding steroid dienone is 1. The minimum absolute atomic E-state index is 0.426. The Hall–Kier alpha value is -0.600. The van der Waals surface area contributed by atoms with E-state index in [0.717, 1.165) is 12.8 Å². The molecule has 2 N–H and O–H groups in total. The Morgan fingerprint density at radius 1 is 1.62 bits per heavy atom. The standard InChI is InChI=1S/C11H15NS/c12-10-5-3-9(8-10)4-6-11-2-1-7-13-11/h1-2,4,7,10H,3,5-6,8,12H2. The molecule has 1 aliphatic carbocycles. The first-order valence-electron chi connectivity index (χ1n) is 4.80. The van der Waals surface area contributed by atoms with Crippen molar-refractivity contribution in [3.05, 3.63) is 34.0 Å². The normalized spacial score (nSPS) is 25.6. The Labute approximate surface area is 83.3 Å². The molecule has 0 aromatic carbocycles. The van der Waals surface area contributed by atoms with E-state index in [1.165, 1.54) is 17.7 Å². The van der Waals surface area contributed by atoms with E-state index < -0.39 is 0 Å². The Balaban J connectivity index is 1.91. The highest BCUT2D eigenvalue weighted by molar-refractivity contribution is 7.09. The summed E-state index contributed by atoms with van der Waals surface area (Å²) in [5, 5.41) is 2.13. The highest BCUT2D eigenvalue weighted by atomic mass is 32.1. The highest BCUT2D eigenvalue weighted by Gasteiger charge is 2.14. The summed E-state index contributed by atoms with van der Waals surface area (Å²) in [6.45, 7) is 0. The maximum absolute atomic E-state index is 5.84. The van der Waals surface area contributed by atoms with Crippen molar-refractivity contribution in [3.8, 4) is 0 Å². The van der Waals surface area contributed by atoms with Crippen molar-refractivity contribution in [2.45, 2.75) is 31.7 Å². The molecule has 1 saturated carbocycles. The molecule has 70 valence electrons. The van der Waals surface area contributed by atoms with Crippen LogP contribution in [0.15, 0.2) is 29.2 Å². The van der Waals surface area contributed by atoms with Crippen LogP contribution in [0.5, 0.6) is 0 Å². The van der Waals surface area contributed by atoms with Crippen molar-refractivity contribution in [1.82, 2.24) is 0 Å². The number of hydrogen-bond donors (Lipinski definition) is 1. The topological polar surface area (TPSA) is 26.0 Å². The maximum atomic E-state index is 5.84. The van der Waals surface area contributed by atoms with E-state index in [-0.39, 0.29) is 0 Å². The Bertz CT molecular complexity index is 287. The predicted molar refractivity (Wildman–Crippen MR) is 57.9 cm³/mol. The third-order valence-corrected chi connectivity index (χ3v) is 3.43. The van der Waals surface area contributed by atoms with Gasteiger partial charge in [0.2, 0.25) is 0 Å². The summed E-state index contributed by atoms with van der Waals surface area (Å²) < 4.78 is 0. The van der Waals surface area contributed by atoms with E-state index in [1.54, 1.807) is 5.57 Å². The van der Waals surface area contributed by atoms with E-state index >= 15 is 0 Å². The highest BCUT2D eigenvalue weighted by Crippen LogP contribution is 2.24. The predicted octanol–water partition coefficient (Wildman–Crippen LogP) is 2.73. The van der Waals surface area contributed by atoms with E-state index in [0.29, 0.717) is 6.04 Å². The van der Waals surface area contributed by atoms with Gasteiger partial charge >= 0.3 is 0 Å². The minimum Gasteiger partial charge on any atom is -0.327 e. The molecule has 1 nitrogen and oxygen atoms in total. The lowest BCUT2D eigenvalue weighted by atomic mass is 10.2. The summed E-state index contributed by atoms with van der Waals surface area (Å²) in [5.74, 6) is 0. The lowest BCUT2D eigenvalue weighted by Crippen LogP contribution is -2.13. The van der Waals surface area contributed by atoms with E-state index in [2.05, 4.69) is 23.6 Å². The van der Waals surface area contributed by atoms with Gasteiger partial charge in [-0.25, -0.2) is 0 Å². The van der Waals surface area contributed by atoms with Crippen LogP contribution in [0.3, 0.4) is 0 Å². The SMILES string of the molecule is NC1CCC(=CCc2cccs2)C1. The summed E-state index contributed by atoms with van der Waals surface area (Å²) in [7, 11) is 0. The zero-order valence-corrected chi connectivity index (χ0v) is 8.52. The van der Waals surface area contributed by atoms with Crippen molar-refractivity contribution < 1.29 is 0 Å². The third-order valence-electron chi connectivity index (χ3n) is 2.53. The monoisotopic (exact) mass is 193 g/mol. The molecule has 1 aromatic heterocycles. The fraction of sp³-hybridized carbons (Fsp3) is 0.455. The summed E-state index contributed by atoms with van der Waals surface area (Å²) >= 11 is 1.83. The molecule has 1 fully saturated rings. The van der Waals surface area contributed by atoms with Gasteiger partial charge in [0.15, 0.2) is 0 Å². The van der Waals surface area contributed by atoms with Gasteiger partial charge in [-0.1, -0.05) is 17.7 Å².